The van der Waals surface area contributed by atoms with Crippen molar-refractivity contribution in [2.45, 2.75) is 46.6 Å². The van der Waals surface area contributed by atoms with Crippen LogP contribution in [0.5, 0.6) is 0 Å². The van der Waals surface area contributed by atoms with Gasteiger partial charge >= 0.3 is 0 Å². The van der Waals surface area contributed by atoms with Gasteiger partial charge in [-0.3, -0.25) is 4.18 Å². The molecule has 0 aliphatic heterocycles. The van der Waals surface area contributed by atoms with Crippen LogP contribution in [0.15, 0.2) is 24.4 Å². The van der Waals surface area contributed by atoms with Gasteiger partial charge in [0, 0.05) is 11.6 Å². The Kier molecular flexibility index (Phi) is 3.83. The zero-order valence-corrected chi connectivity index (χ0v) is 13.0. The second-order valence-electron chi connectivity index (χ2n) is 5.77. The molecule has 104 valence electrons. The van der Waals surface area contributed by atoms with E-state index in [-0.39, 0.29) is 0 Å². The Morgan fingerprint density at radius 1 is 1.32 bits per heavy atom. The third kappa shape index (κ3) is 3.07. The molecule has 1 aromatic heterocycles. The molecule has 0 bridgehead atoms. The van der Waals surface area contributed by atoms with E-state index in [2.05, 4.69) is 25.1 Å². The summed E-state index contributed by atoms with van der Waals surface area (Å²) in [6.45, 7) is 9.86. The third-order valence-electron chi connectivity index (χ3n) is 2.87. The maximum Gasteiger partial charge on any atom is 0.269 e. The largest absolute Gasteiger partial charge is 0.269 e. The van der Waals surface area contributed by atoms with E-state index in [0.717, 1.165) is 22.9 Å². The number of rotatable bonds is 3. The fraction of sp³-hybridized carbons (Fsp3) is 0.467. The standard InChI is InChI=1S/C15H21NO2S/c1-6-12-10-16(19(17)18-15(3,4)5)14-9-11(2)7-8-13(12)14/h7-10H,6H2,1-5H3. The molecule has 4 heteroatoms. The highest BCUT2D eigenvalue weighted by atomic mass is 32.2. The molecule has 0 fully saturated rings. The minimum absolute atomic E-state index is 0.433. The maximum absolute atomic E-state index is 12.4. The van der Waals surface area contributed by atoms with E-state index in [1.807, 2.05) is 33.9 Å². The van der Waals surface area contributed by atoms with E-state index in [1.165, 1.54) is 5.56 Å². The van der Waals surface area contributed by atoms with Gasteiger partial charge in [0.25, 0.3) is 11.3 Å². The van der Waals surface area contributed by atoms with Crippen LogP contribution in [-0.4, -0.2) is 13.8 Å². The second-order valence-corrected chi connectivity index (χ2v) is 6.76. The number of fused-ring (bicyclic) bond motifs is 1. The molecule has 1 aromatic carbocycles. The number of hydrogen-bond acceptors (Lipinski definition) is 2. The minimum Gasteiger partial charge on any atom is -0.268 e. The highest BCUT2D eigenvalue weighted by Gasteiger charge is 2.19. The summed E-state index contributed by atoms with van der Waals surface area (Å²) in [5.41, 5.74) is 2.89. The molecule has 2 aromatic rings. The van der Waals surface area contributed by atoms with Crippen LogP contribution in [0.3, 0.4) is 0 Å². The van der Waals surface area contributed by atoms with Gasteiger partial charge in [0.1, 0.15) is 0 Å². The Balaban J connectivity index is 2.54. The first-order valence-electron chi connectivity index (χ1n) is 6.54. The van der Waals surface area contributed by atoms with E-state index in [4.69, 9.17) is 4.18 Å². The molecule has 0 saturated carbocycles. The molecule has 0 radical (unpaired) electrons. The van der Waals surface area contributed by atoms with E-state index < -0.39 is 16.9 Å². The van der Waals surface area contributed by atoms with Crippen molar-refractivity contribution in [2.24, 2.45) is 0 Å². The summed E-state index contributed by atoms with van der Waals surface area (Å²) in [7, 11) is 0. The number of hydrogen-bond donors (Lipinski definition) is 0. The molecule has 1 unspecified atom stereocenters. The smallest absolute Gasteiger partial charge is 0.268 e. The number of nitrogens with zero attached hydrogens (tertiary/aromatic N) is 1. The first-order chi connectivity index (χ1) is 8.81. The van der Waals surface area contributed by atoms with Crippen molar-refractivity contribution in [3.05, 3.63) is 35.5 Å². The summed E-state index contributed by atoms with van der Waals surface area (Å²) in [5, 5.41) is 1.15. The van der Waals surface area contributed by atoms with E-state index in [9.17, 15) is 4.21 Å². The average Bonchev–Trinajstić information content (AvgIpc) is 2.64. The molecule has 0 aliphatic carbocycles. The van der Waals surface area contributed by atoms with Gasteiger partial charge < -0.3 is 0 Å². The molecular weight excluding hydrogens is 258 g/mol. The topological polar surface area (TPSA) is 31.2 Å². The van der Waals surface area contributed by atoms with Crippen molar-refractivity contribution in [1.29, 1.82) is 0 Å². The van der Waals surface area contributed by atoms with Crippen LogP contribution in [0.1, 0.15) is 38.8 Å². The Morgan fingerprint density at radius 2 is 2.00 bits per heavy atom. The van der Waals surface area contributed by atoms with E-state index in [1.54, 1.807) is 3.97 Å². The predicted octanol–water partition coefficient (Wildman–Crippen LogP) is 3.75. The molecule has 0 N–H and O–H groups in total. The fourth-order valence-electron chi connectivity index (χ4n) is 2.04. The van der Waals surface area contributed by atoms with Crippen molar-refractivity contribution >= 4 is 22.2 Å². The van der Waals surface area contributed by atoms with Crippen LogP contribution in [0.25, 0.3) is 10.9 Å². The van der Waals surface area contributed by atoms with Crippen molar-refractivity contribution in [3.63, 3.8) is 0 Å². The summed E-state index contributed by atoms with van der Waals surface area (Å²) in [6.07, 6.45) is 2.85. The van der Waals surface area contributed by atoms with Gasteiger partial charge in [-0.1, -0.05) is 19.1 Å². The van der Waals surface area contributed by atoms with Crippen molar-refractivity contribution in [2.75, 3.05) is 0 Å². The highest BCUT2D eigenvalue weighted by molar-refractivity contribution is 7.78. The Labute approximate surface area is 117 Å². The molecule has 0 spiro atoms. The van der Waals surface area contributed by atoms with Crippen LogP contribution >= 0.6 is 0 Å². The normalized spacial score (nSPS) is 13.9. The summed E-state index contributed by atoms with van der Waals surface area (Å²) in [4.78, 5) is 0. The lowest BCUT2D eigenvalue weighted by Gasteiger charge is -2.18. The van der Waals surface area contributed by atoms with Gasteiger partial charge in [-0.05, 0) is 51.3 Å². The lowest BCUT2D eigenvalue weighted by atomic mass is 10.1. The SMILES string of the molecule is CCc1cn(S(=O)OC(C)(C)C)c2cc(C)ccc12. The van der Waals surface area contributed by atoms with Gasteiger partial charge in [0.2, 0.25) is 0 Å². The molecule has 19 heavy (non-hydrogen) atoms. The summed E-state index contributed by atoms with van der Waals surface area (Å²) in [6, 6.07) is 6.23. The van der Waals surface area contributed by atoms with Gasteiger partial charge in [-0.2, -0.15) is 0 Å². The lowest BCUT2D eigenvalue weighted by Crippen LogP contribution is -2.23. The molecular formula is C15H21NO2S. The third-order valence-corrected chi connectivity index (χ3v) is 4.14. The molecule has 0 saturated heterocycles. The Hall–Kier alpha value is -1.13. The van der Waals surface area contributed by atoms with Crippen molar-refractivity contribution in [1.82, 2.24) is 3.97 Å². The molecule has 3 nitrogen and oxygen atoms in total. The average molecular weight is 279 g/mol. The van der Waals surface area contributed by atoms with Crippen molar-refractivity contribution in [3.8, 4) is 0 Å². The molecule has 1 atom stereocenters. The predicted molar refractivity (Wildman–Crippen MR) is 80.4 cm³/mol. The first kappa shape index (κ1) is 14.3. The molecule has 2 rings (SSSR count). The van der Waals surface area contributed by atoms with Gasteiger partial charge in [0.05, 0.1) is 11.1 Å². The number of aryl methyl sites for hydroxylation is 2. The summed E-state index contributed by atoms with van der Waals surface area (Å²) in [5.74, 6) is 0. The molecule has 0 amide bonds. The van der Waals surface area contributed by atoms with Gasteiger partial charge in [-0.25, -0.2) is 8.18 Å². The zero-order valence-electron chi connectivity index (χ0n) is 12.2. The summed E-state index contributed by atoms with van der Waals surface area (Å²) >= 11 is -1.50. The monoisotopic (exact) mass is 279 g/mol. The molecule has 1 heterocycles. The quantitative estimate of drug-likeness (QED) is 0.856. The van der Waals surface area contributed by atoms with Crippen LogP contribution in [0, 0.1) is 6.92 Å². The second kappa shape index (κ2) is 5.10. The fourth-order valence-corrected chi connectivity index (χ4v) is 3.07. The van der Waals surface area contributed by atoms with E-state index >= 15 is 0 Å². The minimum atomic E-state index is -1.50. The maximum atomic E-state index is 12.4. The van der Waals surface area contributed by atoms with Gasteiger partial charge in [0.15, 0.2) is 0 Å². The summed E-state index contributed by atoms with van der Waals surface area (Å²) < 4.78 is 19.7. The first-order valence-corrected chi connectivity index (χ1v) is 7.57. The van der Waals surface area contributed by atoms with Crippen LogP contribution in [0.2, 0.25) is 0 Å². The van der Waals surface area contributed by atoms with Crippen LogP contribution in [0.4, 0.5) is 0 Å². The Bertz CT molecular complexity index is 623. The zero-order chi connectivity index (χ0) is 14.2. The lowest BCUT2D eigenvalue weighted by molar-refractivity contribution is 0.150. The molecule has 0 aliphatic rings. The number of benzene rings is 1. The number of aromatic nitrogens is 1. The highest BCUT2D eigenvalue weighted by Crippen LogP contribution is 2.25. The Morgan fingerprint density at radius 3 is 2.58 bits per heavy atom. The van der Waals surface area contributed by atoms with E-state index in [0.29, 0.717) is 0 Å². The van der Waals surface area contributed by atoms with Gasteiger partial charge in [-0.15, -0.1) is 0 Å². The van der Waals surface area contributed by atoms with Crippen LogP contribution < -0.4 is 0 Å². The van der Waals surface area contributed by atoms with Crippen molar-refractivity contribution < 1.29 is 8.39 Å². The van der Waals surface area contributed by atoms with Crippen LogP contribution in [-0.2, 0) is 21.9 Å².